The van der Waals surface area contributed by atoms with Gasteiger partial charge >= 0.3 is 0 Å². The first-order valence-corrected chi connectivity index (χ1v) is 11.9. The van der Waals surface area contributed by atoms with Crippen molar-refractivity contribution in [1.29, 1.82) is 0 Å². The van der Waals surface area contributed by atoms with E-state index in [2.05, 4.69) is 10.3 Å². The monoisotopic (exact) mass is 375 g/mol. The third-order valence-corrected chi connectivity index (χ3v) is 7.21. The molecule has 8 heteroatoms. The van der Waals surface area contributed by atoms with Gasteiger partial charge in [-0.1, -0.05) is 38.6 Å². The summed E-state index contributed by atoms with van der Waals surface area (Å²) in [6.07, 6.45) is 1.38. The van der Waals surface area contributed by atoms with E-state index in [1.807, 2.05) is 26.1 Å². The van der Waals surface area contributed by atoms with Crippen LogP contribution in [0.3, 0.4) is 0 Å². The van der Waals surface area contributed by atoms with Crippen molar-refractivity contribution in [2.75, 3.05) is 0 Å². The second kappa shape index (κ2) is 8.26. The van der Waals surface area contributed by atoms with Gasteiger partial charge in [0.15, 0.2) is 19.2 Å². The Balaban J connectivity index is 2.06. The quantitative estimate of drug-likeness (QED) is 0.516. The van der Waals surface area contributed by atoms with Crippen molar-refractivity contribution in [2.45, 2.75) is 51.4 Å². The number of nitrogens with zero attached hydrogens (tertiary/aromatic N) is 1. The van der Waals surface area contributed by atoms with Gasteiger partial charge in [0, 0.05) is 6.42 Å². The number of primary amides is 1. The van der Waals surface area contributed by atoms with Crippen molar-refractivity contribution in [3.8, 4) is 0 Å². The average molecular weight is 376 g/mol. The Morgan fingerprint density at radius 1 is 1.27 bits per heavy atom. The molecule has 0 aliphatic heterocycles. The maximum atomic E-state index is 12.7. The van der Waals surface area contributed by atoms with Crippen LogP contribution in [0, 0.1) is 0 Å². The molecule has 140 valence electrons. The lowest BCUT2D eigenvalue weighted by molar-refractivity contribution is -0.121. The number of hydrogen-bond acceptors (Lipinski definition) is 5. The molecule has 7 nitrogen and oxygen atoms in total. The fourth-order valence-electron chi connectivity index (χ4n) is 2.50. The summed E-state index contributed by atoms with van der Waals surface area (Å²) in [5.41, 5.74) is 6.20. The van der Waals surface area contributed by atoms with Crippen LogP contribution in [-0.2, 0) is 4.79 Å². The predicted octanol–water partition coefficient (Wildman–Crippen LogP) is 3.05. The Morgan fingerprint density at radius 3 is 2.58 bits per heavy atom. The lowest BCUT2D eigenvalue weighted by atomic mass is 10.1. The molecule has 1 aromatic carbocycles. The molecule has 0 aliphatic rings. The Labute approximate surface area is 153 Å². The standard InChI is InChI=1S/C18H25N3O4Si/c1-4-7-13(20-15(22)10-11-26(2,3)18(19)24)16(23)17-21-12-8-5-6-9-14(12)25-17/h5-6,8-9,13H,4,7,10-11H2,1-3H3,(H2,19,24)(H,20,22)/t13-/m1/s1. The molecule has 3 N–H and O–H groups in total. The molecule has 1 heterocycles. The summed E-state index contributed by atoms with van der Waals surface area (Å²) >= 11 is 0. The summed E-state index contributed by atoms with van der Waals surface area (Å²) in [5.74, 6) is -0.616. The molecule has 2 aromatic rings. The van der Waals surface area contributed by atoms with Crippen LogP contribution in [0.4, 0.5) is 4.79 Å². The highest BCUT2D eigenvalue weighted by atomic mass is 28.3. The molecule has 1 aromatic heterocycles. The van der Waals surface area contributed by atoms with Gasteiger partial charge in [-0.05, 0) is 24.6 Å². The highest BCUT2D eigenvalue weighted by molar-refractivity contribution is 7.04. The average Bonchev–Trinajstić information content (AvgIpc) is 3.03. The van der Waals surface area contributed by atoms with Crippen molar-refractivity contribution < 1.29 is 18.8 Å². The van der Waals surface area contributed by atoms with Crippen molar-refractivity contribution >= 4 is 36.4 Å². The van der Waals surface area contributed by atoms with Gasteiger partial charge in [0.1, 0.15) is 5.52 Å². The van der Waals surface area contributed by atoms with E-state index < -0.39 is 14.1 Å². The second-order valence-electron chi connectivity index (χ2n) is 7.01. The van der Waals surface area contributed by atoms with Crippen molar-refractivity contribution in [3.63, 3.8) is 0 Å². The summed E-state index contributed by atoms with van der Waals surface area (Å²) in [7, 11) is -2.26. The number of amides is 2. The largest absolute Gasteiger partial charge is 0.434 e. The molecular weight excluding hydrogens is 350 g/mol. The summed E-state index contributed by atoms with van der Waals surface area (Å²) in [4.78, 5) is 40.6. The molecule has 26 heavy (non-hydrogen) atoms. The number of benzene rings is 1. The first-order valence-electron chi connectivity index (χ1n) is 8.73. The highest BCUT2D eigenvalue weighted by Crippen LogP contribution is 2.17. The molecule has 0 saturated carbocycles. The SMILES string of the molecule is CCC[C@@H](NC(=O)CC[Si](C)(C)C(N)=O)C(=O)c1nc2ccccc2o1. The number of Topliss-reactive ketones (excluding diaryl/α,β-unsaturated/α-hetero) is 1. The minimum absolute atomic E-state index is 0.00297. The minimum Gasteiger partial charge on any atom is -0.434 e. The number of nitrogens with two attached hydrogens (primary N) is 1. The number of ketones is 1. The van der Waals surface area contributed by atoms with Gasteiger partial charge in [0.05, 0.1) is 6.04 Å². The van der Waals surface area contributed by atoms with E-state index in [9.17, 15) is 14.4 Å². The molecule has 2 amide bonds. The Morgan fingerprint density at radius 2 is 1.96 bits per heavy atom. The van der Waals surface area contributed by atoms with E-state index in [1.54, 1.807) is 18.2 Å². The number of nitrogens with one attached hydrogen (secondary N) is 1. The summed E-state index contributed by atoms with van der Waals surface area (Å²) in [5, 5.41) is 2.75. The maximum Gasteiger partial charge on any atom is 0.266 e. The third kappa shape index (κ3) is 4.78. The number of para-hydroxylation sites is 2. The summed E-state index contributed by atoms with van der Waals surface area (Å²) in [6.45, 7) is 5.59. The normalized spacial score (nSPS) is 12.7. The lowest BCUT2D eigenvalue weighted by Crippen LogP contribution is -2.45. The zero-order valence-corrected chi connectivity index (χ0v) is 16.4. The number of aromatic nitrogens is 1. The smallest absolute Gasteiger partial charge is 0.266 e. The third-order valence-electron chi connectivity index (χ3n) is 4.38. The van der Waals surface area contributed by atoms with Gasteiger partial charge in [-0.3, -0.25) is 14.4 Å². The molecule has 0 unspecified atom stereocenters. The topological polar surface area (TPSA) is 115 Å². The lowest BCUT2D eigenvalue weighted by Gasteiger charge is -2.19. The van der Waals surface area contributed by atoms with Gasteiger partial charge in [-0.25, -0.2) is 4.98 Å². The predicted molar refractivity (Wildman–Crippen MR) is 102 cm³/mol. The van der Waals surface area contributed by atoms with Crippen LogP contribution in [-0.4, -0.2) is 36.3 Å². The number of fused-ring (bicyclic) bond motifs is 1. The molecule has 0 radical (unpaired) electrons. The molecule has 1 atom stereocenters. The van der Waals surface area contributed by atoms with E-state index in [0.717, 1.165) is 6.42 Å². The summed E-state index contributed by atoms with van der Waals surface area (Å²) in [6, 6.07) is 6.87. The fraction of sp³-hybridized carbons (Fsp3) is 0.444. The molecule has 2 rings (SSSR count). The molecular formula is C18H25N3O4Si. The van der Waals surface area contributed by atoms with Gasteiger partial charge in [0.2, 0.25) is 11.7 Å². The highest BCUT2D eigenvalue weighted by Gasteiger charge is 2.30. The van der Waals surface area contributed by atoms with Crippen LogP contribution in [0.2, 0.25) is 19.1 Å². The fourth-order valence-corrected chi connectivity index (χ4v) is 3.60. The van der Waals surface area contributed by atoms with Gasteiger partial charge < -0.3 is 15.5 Å². The Hall–Kier alpha value is -2.48. The summed E-state index contributed by atoms with van der Waals surface area (Å²) < 4.78 is 5.52. The van der Waals surface area contributed by atoms with Crippen LogP contribution in [0.15, 0.2) is 28.7 Å². The van der Waals surface area contributed by atoms with E-state index in [0.29, 0.717) is 23.6 Å². The first kappa shape index (κ1) is 19.8. The molecule has 0 bridgehead atoms. The van der Waals surface area contributed by atoms with Crippen LogP contribution in [0.5, 0.6) is 0 Å². The van der Waals surface area contributed by atoms with Crippen molar-refractivity contribution in [3.05, 3.63) is 30.2 Å². The zero-order valence-electron chi connectivity index (χ0n) is 15.4. The number of carbonyl (C=O) groups is 3. The number of rotatable bonds is 9. The van der Waals surface area contributed by atoms with Crippen LogP contribution >= 0.6 is 0 Å². The number of hydrogen-bond donors (Lipinski definition) is 2. The van der Waals surface area contributed by atoms with E-state index in [4.69, 9.17) is 10.2 Å². The van der Waals surface area contributed by atoms with E-state index >= 15 is 0 Å². The van der Waals surface area contributed by atoms with Crippen LogP contribution < -0.4 is 11.1 Å². The van der Waals surface area contributed by atoms with Gasteiger partial charge in [-0.15, -0.1) is 0 Å². The van der Waals surface area contributed by atoms with E-state index in [1.165, 1.54) is 0 Å². The van der Waals surface area contributed by atoms with Crippen LogP contribution in [0.25, 0.3) is 11.1 Å². The molecule has 0 saturated heterocycles. The maximum absolute atomic E-state index is 12.7. The number of oxazole rings is 1. The minimum atomic E-state index is -2.26. The molecule has 0 aliphatic carbocycles. The molecule has 0 fully saturated rings. The van der Waals surface area contributed by atoms with Crippen molar-refractivity contribution in [1.82, 2.24) is 10.3 Å². The Bertz CT molecular complexity index is 783. The Kier molecular flexibility index (Phi) is 6.31. The van der Waals surface area contributed by atoms with E-state index in [-0.39, 0.29) is 29.5 Å². The van der Waals surface area contributed by atoms with Gasteiger partial charge in [-0.2, -0.15) is 0 Å². The number of carbonyl (C=O) groups excluding carboxylic acids is 3. The van der Waals surface area contributed by atoms with Gasteiger partial charge in [0.25, 0.3) is 5.89 Å². The zero-order chi connectivity index (χ0) is 19.3. The van der Waals surface area contributed by atoms with Crippen molar-refractivity contribution in [2.24, 2.45) is 5.73 Å². The van der Waals surface area contributed by atoms with Crippen LogP contribution in [0.1, 0.15) is 36.9 Å². The second-order valence-corrected chi connectivity index (χ2v) is 11.8. The first-order chi connectivity index (χ1) is 12.2. The molecule has 0 spiro atoms.